The van der Waals surface area contributed by atoms with E-state index in [1.54, 1.807) is 36.4 Å². The summed E-state index contributed by atoms with van der Waals surface area (Å²) >= 11 is 0. The van der Waals surface area contributed by atoms with E-state index >= 15 is 0 Å². The summed E-state index contributed by atoms with van der Waals surface area (Å²) in [6.45, 7) is 1.35. The number of methoxy groups -OCH3 is 1. The average molecular weight is 450 g/mol. The van der Waals surface area contributed by atoms with Crippen LogP contribution in [0.3, 0.4) is 0 Å². The van der Waals surface area contributed by atoms with Crippen molar-refractivity contribution in [2.45, 2.75) is 19.4 Å². The van der Waals surface area contributed by atoms with Crippen LogP contribution in [0.4, 0.5) is 15.8 Å². The largest absolute Gasteiger partial charge is 0.497 e. The van der Waals surface area contributed by atoms with Gasteiger partial charge in [-0.3, -0.25) is 19.4 Å². The van der Waals surface area contributed by atoms with Gasteiger partial charge >= 0.3 is 0 Å². The molecular weight excluding hydrogens is 427 g/mol. The van der Waals surface area contributed by atoms with Gasteiger partial charge in [-0.2, -0.15) is 0 Å². The molecule has 0 saturated carbocycles. The zero-order valence-electron chi connectivity index (χ0n) is 18.1. The molecule has 1 unspecified atom stereocenters. The molecule has 33 heavy (non-hydrogen) atoms. The predicted molar refractivity (Wildman–Crippen MR) is 121 cm³/mol. The highest BCUT2D eigenvalue weighted by Crippen LogP contribution is 2.26. The van der Waals surface area contributed by atoms with E-state index in [4.69, 9.17) is 4.74 Å². The average Bonchev–Trinajstić information content (AvgIpc) is 2.80. The zero-order chi connectivity index (χ0) is 23.8. The number of hydrogen-bond donors (Lipinski definition) is 3. The van der Waals surface area contributed by atoms with Crippen LogP contribution in [-0.4, -0.2) is 29.8 Å². The lowest BCUT2D eigenvalue weighted by molar-refractivity contribution is -0.120. The van der Waals surface area contributed by atoms with Gasteiger partial charge in [0.1, 0.15) is 17.3 Å². The second-order valence-corrected chi connectivity index (χ2v) is 7.14. The molecule has 1 heterocycles. The highest BCUT2D eigenvalue weighted by Gasteiger charge is 2.19. The number of benzene rings is 2. The standard InChI is InChI=1S/C24H23FN4O4/c1-15(30)27-21(16-6-9-18(33-2)10-7-16)14-23(31)28-22-13-17(25)8-11-19(22)29-24(32)20-5-3-4-12-26-20/h3-13,21H,14H2,1-2H3,(H,27,30)(H,28,31)(H,29,32). The van der Waals surface area contributed by atoms with Gasteiger partial charge in [0.05, 0.1) is 30.9 Å². The first-order valence-corrected chi connectivity index (χ1v) is 10.1. The molecule has 9 heteroatoms. The van der Waals surface area contributed by atoms with Crippen molar-refractivity contribution in [3.63, 3.8) is 0 Å². The molecule has 0 saturated heterocycles. The minimum Gasteiger partial charge on any atom is -0.497 e. The number of anilines is 2. The monoisotopic (exact) mass is 450 g/mol. The summed E-state index contributed by atoms with van der Waals surface area (Å²) in [7, 11) is 1.54. The first kappa shape index (κ1) is 23.4. The van der Waals surface area contributed by atoms with Crippen molar-refractivity contribution in [3.8, 4) is 5.75 Å². The second-order valence-electron chi connectivity index (χ2n) is 7.14. The normalized spacial score (nSPS) is 11.2. The Hall–Kier alpha value is -4.27. The summed E-state index contributed by atoms with van der Waals surface area (Å²) in [6.07, 6.45) is 1.36. The third-order valence-electron chi connectivity index (χ3n) is 4.69. The molecular formula is C24H23FN4O4. The number of rotatable bonds is 8. The highest BCUT2D eigenvalue weighted by atomic mass is 19.1. The lowest BCUT2D eigenvalue weighted by atomic mass is 10.0. The van der Waals surface area contributed by atoms with Gasteiger partial charge in [0.2, 0.25) is 11.8 Å². The van der Waals surface area contributed by atoms with Crippen LogP contribution in [0.5, 0.6) is 5.75 Å². The van der Waals surface area contributed by atoms with Crippen LogP contribution in [0.25, 0.3) is 0 Å². The van der Waals surface area contributed by atoms with E-state index in [1.165, 1.54) is 38.4 Å². The number of hydrogen-bond acceptors (Lipinski definition) is 5. The fourth-order valence-electron chi connectivity index (χ4n) is 3.13. The number of aromatic nitrogens is 1. The molecule has 0 aliphatic rings. The first-order chi connectivity index (χ1) is 15.9. The van der Waals surface area contributed by atoms with Crippen LogP contribution in [-0.2, 0) is 9.59 Å². The molecule has 0 aliphatic heterocycles. The second kappa shape index (κ2) is 10.9. The number of halogens is 1. The van der Waals surface area contributed by atoms with E-state index in [0.29, 0.717) is 11.3 Å². The molecule has 0 bridgehead atoms. The van der Waals surface area contributed by atoms with Gasteiger partial charge in [-0.15, -0.1) is 0 Å². The molecule has 1 aromatic heterocycles. The summed E-state index contributed by atoms with van der Waals surface area (Å²) in [6, 6.07) is 14.8. The Bertz CT molecular complexity index is 1140. The van der Waals surface area contributed by atoms with Crippen LogP contribution >= 0.6 is 0 Å². The molecule has 3 aromatic rings. The quantitative estimate of drug-likeness (QED) is 0.485. The summed E-state index contributed by atoms with van der Waals surface area (Å²) in [5, 5.41) is 7.97. The zero-order valence-corrected chi connectivity index (χ0v) is 18.1. The minimum absolute atomic E-state index is 0.0839. The topological polar surface area (TPSA) is 109 Å². The number of nitrogens with zero attached hydrogens (tertiary/aromatic N) is 1. The van der Waals surface area contributed by atoms with E-state index in [2.05, 4.69) is 20.9 Å². The van der Waals surface area contributed by atoms with E-state index in [-0.39, 0.29) is 29.4 Å². The Morgan fingerprint density at radius 3 is 2.39 bits per heavy atom. The fourth-order valence-corrected chi connectivity index (χ4v) is 3.13. The predicted octanol–water partition coefficient (Wildman–Crippen LogP) is 3.69. The third-order valence-corrected chi connectivity index (χ3v) is 4.69. The molecule has 0 aliphatic carbocycles. The van der Waals surface area contributed by atoms with Gasteiger partial charge < -0.3 is 20.7 Å². The first-order valence-electron chi connectivity index (χ1n) is 10.1. The van der Waals surface area contributed by atoms with E-state index < -0.39 is 23.7 Å². The SMILES string of the molecule is COc1ccc(C(CC(=O)Nc2cc(F)ccc2NC(=O)c2ccccn2)NC(C)=O)cc1. The van der Waals surface area contributed by atoms with Gasteiger partial charge in [0.15, 0.2) is 0 Å². The van der Waals surface area contributed by atoms with Crippen molar-refractivity contribution < 1.29 is 23.5 Å². The minimum atomic E-state index is -0.617. The van der Waals surface area contributed by atoms with Crippen molar-refractivity contribution in [1.29, 1.82) is 0 Å². The summed E-state index contributed by atoms with van der Waals surface area (Å²) < 4.78 is 19.0. The summed E-state index contributed by atoms with van der Waals surface area (Å²) in [5.41, 5.74) is 1.16. The molecule has 1 atom stereocenters. The van der Waals surface area contributed by atoms with Crippen molar-refractivity contribution in [2.24, 2.45) is 0 Å². The van der Waals surface area contributed by atoms with Gasteiger partial charge in [-0.1, -0.05) is 18.2 Å². The maximum atomic E-state index is 13.9. The molecule has 3 rings (SSSR count). The van der Waals surface area contributed by atoms with Gasteiger partial charge in [0, 0.05) is 13.1 Å². The van der Waals surface area contributed by atoms with Crippen molar-refractivity contribution >= 4 is 29.1 Å². The molecule has 3 N–H and O–H groups in total. The summed E-state index contributed by atoms with van der Waals surface area (Å²) in [5.74, 6) is -1.25. The number of ether oxygens (including phenoxy) is 1. The molecule has 3 amide bonds. The van der Waals surface area contributed by atoms with Crippen LogP contribution < -0.4 is 20.7 Å². The van der Waals surface area contributed by atoms with Crippen molar-refractivity contribution in [1.82, 2.24) is 10.3 Å². The number of carbonyl (C=O) groups is 3. The van der Waals surface area contributed by atoms with E-state index in [9.17, 15) is 18.8 Å². The van der Waals surface area contributed by atoms with Crippen molar-refractivity contribution in [3.05, 3.63) is 83.9 Å². The fraction of sp³-hybridized carbons (Fsp3) is 0.167. The Morgan fingerprint density at radius 1 is 1.00 bits per heavy atom. The lowest BCUT2D eigenvalue weighted by Crippen LogP contribution is -2.30. The maximum absolute atomic E-state index is 13.9. The smallest absolute Gasteiger partial charge is 0.274 e. The Morgan fingerprint density at radius 2 is 1.76 bits per heavy atom. The molecule has 8 nitrogen and oxygen atoms in total. The number of nitrogens with one attached hydrogen (secondary N) is 3. The van der Waals surface area contributed by atoms with Crippen molar-refractivity contribution in [2.75, 3.05) is 17.7 Å². The molecule has 2 aromatic carbocycles. The Labute approximate surface area is 190 Å². The number of amides is 3. The van der Waals surface area contributed by atoms with Crippen LogP contribution in [0.15, 0.2) is 66.9 Å². The van der Waals surface area contributed by atoms with Crippen LogP contribution in [0, 0.1) is 5.82 Å². The summed E-state index contributed by atoms with van der Waals surface area (Å²) in [4.78, 5) is 40.9. The highest BCUT2D eigenvalue weighted by molar-refractivity contribution is 6.06. The third kappa shape index (κ3) is 6.60. The van der Waals surface area contributed by atoms with Crippen LogP contribution in [0.2, 0.25) is 0 Å². The Balaban J connectivity index is 1.76. The van der Waals surface area contributed by atoms with Gasteiger partial charge in [-0.05, 0) is 48.0 Å². The molecule has 0 spiro atoms. The number of pyridine rings is 1. The van der Waals surface area contributed by atoms with Gasteiger partial charge in [-0.25, -0.2) is 4.39 Å². The molecule has 0 fully saturated rings. The number of carbonyl (C=O) groups excluding carboxylic acids is 3. The van der Waals surface area contributed by atoms with Crippen LogP contribution in [0.1, 0.15) is 35.4 Å². The van der Waals surface area contributed by atoms with Gasteiger partial charge in [0.25, 0.3) is 5.91 Å². The Kier molecular flexibility index (Phi) is 7.69. The van der Waals surface area contributed by atoms with E-state index in [0.717, 1.165) is 6.07 Å². The van der Waals surface area contributed by atoms with E-state index in [1.807, 2.05) is 0 Å². The molecule has 170 valence electrons. The molecule has 0 radical (unpaired) electrons. The maximum Gasteiger partial charge on any atom is 0.274 e. The lowest BCUT2D eigenvalue weighted by Gasteiger charge is -2.19.